The number of Topliss-reactive ketones (excluding diaryl/α,β-unsaturated/α-hetero) is 1. The number of likely N-dealkylation sites (N-methyl/N-ethyl adjacent to an activating group) is 1. The molecule has 0 amide bonds. The van der Waals surface area contributed by atoms with E-state index in [4.69, 9.17) is 0 Å². The summed E-state index contributed by atoms with van der Waals surface area (Å²) in [7, 11) is 1.93. The molecule has 0 aromatic rings. The maximum absolute atomic E-state index is 12.1. The van der Waals surface area contributed by atoms with Crippen LogP contribution in [0.25, 0.3) is 0 Å². The Balaban J connectivity index is 1.89. The third kappa shape index (κ3) is 2.36. The van der Waals surface area contributed by atoms with Crippen molar-refractivity contribution in [2.24, 2.45) is 29.1 Å². The number of carbonyl (C=O) groups excluding carboxylic acids is 1. The minimum absolute atomic E-state index is 0.0793. The summed E-state index contributed by atoms with van der Waals surface area (Å²) in [5.74, 6) is 3.12. The van der Waals surface area contributed by atoms with Gasteiger partial charge in [-0.3, -0.25) is 4.79 Å². The summed E-state index contributed by atoms with van der Waals surface area (Å²) in [6.45, 7) is 8.87. The fourth-order valence-corrected chi connectivity index (χ4v) is 4.13. The summed E-state index contributed by atoms with van der Waals surface area (Å²) in [5.41, 5.74) is 0.577. The van der Waals surface area contributed by atoms with E-state index in [1.165, 1.54) is 19.3 Å². The van der Waals surface area contributed by atoms with E-state index < -0.39 is 0 Å². The van der Waals surface area contributed by atoms with Crippen molar-refractivity contribution in [3.05, 3.63) is 0 Å². The first kappa shape index (κ1) is 14.0. The predicted molar refractivity (Wildman–Crippen MR) is 75.4 cm³/mol. The number of rotatable bonds is 5. The number of fused-ring (bicyclic) bond motifs is 2. The standard InChI is InChI=1S/C16H29NO/c1-10(2)15(18)14(17-5)8-11-6-12-9-13(7-11)16(12,3)4/h10-14,17H,6-9H2,1-5H3. The largest absolute Gasteiger partial charge is 0.311 e. The molecule has 2 heteroatoms. The number of ketones is 1. The fourth-order valence-electron chi connectivity index (χ4n) is 4.13. The zero-order chi connectivity index (χ0) is 13.5. The van der Waals surface area contributed by atoms with Gasteiger partial charge in [-0.25, -0.2) is 0 Å². The highest BCUT2D eigenvalue weighted by atomic mass is 16.1. The van der Waals surface area contributed by atoms with E-state index >= 15 is 0 Å². The first-order chi connectivity index (χ1) is 8.36. The van der Waals surface area contributed by atoms with E-state index in [9.17, 15) is 4.79 Å². The summed E-state index contributed by atoms with van der Waals surface area (Å²) >= 11 is 0. The monoisotopic (exact) mass is 251 g/mol. The first-order valence-electron chi connectivity index (χ1n) is 7.57. The molecule has 2 nitrogen and oxygen atoms in total. The predicted octanol–water partition coefficient (Wildman–Crippen LogP) is 3.26. The summed E-state index contributed by atoms with van der Waals surface area (Å²) in [4.78, 5) is 12.1. The number of hydrogen-bond donors (Lipinski definition) is 1. The number of nitrogens with one attached hydrogen (secondary N) is 1. The van der Waals surface area contributed by atoms with Crippen LogP contribution in [-0.2, 0) is 4.79 Å². The molecule has 3 unspecified atom stereocenters. The molecule has 2 bridgehead atoms. The average molecular weight is 251 g/mol. The molecule has 0 heterocycles. The van der Waals surface area contributed by atoms with Gasteiger partial charge in [0.2, 0.25) is 0 Å². The topological polar surface area (TPSA) is 29.1 Å². The van der Waals surface area contributed by atoms with E-state index in [0.717, 1.165) is 24.2 Å². The normalized spacial score (nSPS) is 35.1. The lowest BCUT2D eigenvalue weighted by atomic mass is 9.46. The Hall–Kier alpha value is -0.370. The second-order valence-corrected chi connectivity index (χ2v) is 7.42. The SMILES string of the molecule is CNC(CC1CC2CC(C1)C2(C)C)C(=O)C(C)C. The van der Waals surface area contributed by atoms with E-state index in [1.807, 2.05) is 20.9 Å². The lowest BCUT2D eigenvalue weighted by Crippen LogP contribution is -2.51. The molecule has 0 radical (unpaired) electrons. The Morgan fingerprint density at radius 1 is 1.22 bits per heavy atom. The highest BCUT2D eigenvalue weighted by molar-refractivity contribution is 5.85. The van der Waals surface area contributed by atoms with E-state index in [2.05, 4.69) is 19.2 Å². The van der Waals surface area contributed by atoms with Crippen LogP contribution in [0.15, 0.2) is 0 Å². The van der Waals surface area contributed by atoms with Gasteiger partial charge in [0.05, 0.1) is 6.04 Å². The average Bonchev–Trinajstić information content (AvgIpc) is 2.35. The summed E-state index contributed by atoms with van der Waals surface area (Å²) in [6, 6.07) is 0.0793. The lowest BCUT2D eigenvalue weighted by Gasteiger charge is -2.59. The second-order valence-electron chi connectivity index (χ2n) is 7.42. The van der Waals surface area contributed by atoms with Crippen molar-refractivity contribution >= 4 is 5.78 Å². The van der Waals surface area contributed by atoms with E-state index in [0.29, 0.717) is 11.2 Å². The maximum atomic E-state index is 12.1. The van der Waals surface area contributed by atoms with Crippen LogP contribution in [-0.4, -0.2) is 18.9 Å². The van der Waals surface area contributed by atoms with Crippen molar-refractivity contribution in [3.8, 4) is 0 Å². The fraction of sp³-hybridized carbons (Fsp3) is 0.938. The molecule has 0 spiro atoms. The molecule has 0 aliphatic heterocycles. The smallest absolute Gasteiger partial charge is 0.152 e. The van der Waals surface area contributed by atoms with Crippen molar-refractivity contribution in [1.29, 1.82) is 0 Å². The Morgan fingerprint density at radius 2 is 1.78 bits per heavy atom. The van der Waals surface area contributed by atoms with E-state index in [-0.39, 0.29) is 12.0 Å². The van der Waals surface area contributed by atoms with Crippen LogP contribution in [0.5, 0.6) is 0 Å². The lowest BCUT2D eigenvalue weighted by molar-refractivity contribution is -0.126. The van der Waals surface area contributed by atoms with Crippen LogP contribution in [0.3, 0.4) is 0 Å². The van der Waals surface area contributed by atoms with Gasteiger partial charge in [0.15, 0.2) is 5.78 Å². The molecular formula is C16H29NO. The summed E-state index contributed by atoms with van der Waals surface area (Å²) in [5, 5.41) is 3.23. The van der Waals surface area contributed by atoms with Gasteiger partial charge in [-0.1, -0.05) is 27.7 Å². The highest BCUT2D eigenvalue weighted by Gasteiger charge is 2.52. The second kappa shape index (κ2) is 4.96. The molecule has 1 N–H and O–H groups in total. The molecule has 104 valence electrons. The Labute approximate surface area is 112 Å². The number of carbonyl (C=O) groups is 1. The highest BCUT2D eigenvalue weighted by Crippen LogP contribution is 2.61. The zero-order valence-corrected chi connectivity index (χ0v) is 12.6. The van der Waals surface area contributed by atoms with Crippen LogP contribution in [0, 0.1) is 29.1 Å². The van der Waals surface area contributed by atoms with Crippen molar-refractivity contribution in [1.82, 2.24) is 5.32 Å². The molecule has 3 fully saturated rings. The van der Waals surface area contributed by atoms with Gasteiger partial charge in [-0.2, -0.15) is 0 Å². The van der Waals surface area contributed by atoms with Gasteiger partial charge in [-0.05, 0) is 55.9 Å². The van der Waals surface area contributed by atoms with Crippen molar-refractivity contribution in [3.63, 3.8) is 0 Å². The van der Waals surface area contributed by atoms with E-state index in [1.54, 1.807) is 0 Å². The molecule has 3 aliphatic rings. The summed E-state index contributed by atoms with van der Waals surface area (Å²) in [6.07, 6.45) is 5.17. The van der Waals surface area contributed by atoms with Crippen molar-refractivity contribution in [2.75, 3.05) is 7.05 Å². The van der Waals surface area contributed by atoms with Gasteiger partial charge in [0.25, 0.3) is 0 Å². The third-order valence-electron chi connectivity index (χ3n) is 5.74. The van der Waals surface area contributed by atoms with Gasteiger partial charge < -0.3 is 5.32 Å². The van der Waals surface area contributed by atoms with Crippen LogP contribution in [0.2, 0.25) is 0 Å². The molecule has 3 aliphatic carbocycles. The first-order valence-corrected chi connectivity index (χ1v) is 7.57. The van der Waals surface area contributed by atoms with Crippen LogP contribution in [0.4, 0.5) is 0 Å². The maximum Gasteiger partial charge on any atom is 0.152 e. The molecule has 0 aromatic carbocycles. The van der Waals surface area contributed by atoms with Gasteiger partial charge >= 0.3 is 0 Å². The zero-order valence-electron chi connectivity index (χ0n) is 12.6. The van der Waals surface area contributed by atoms with Crippen molar-refractivity contribution < 1.29 is 4.79 Å². The third-order valence-corrected chi connectivity index (χ3v) is 5.74. The van der Waals surface area contributed by atoms with Crippen LogP contribution < -0.4 is 5.32 Å². The molecule has 0 saturated heterocycles. The minimum Gasteiger partial charge on any atom is -0.311 e. The molecule has 3 saturated carbocycles. The molecule has 3 rings (SSSR count). The van der Waals surface area contributed by atoms with Crippen molar-refractivity contribution in [2.45, 2.75) is 59.4 Å². The van der Waals surface area contributed by atoms with Crippen LogP contribution in [0.1, 0.15) is 53.4 Å². The Kier molecular flexibility index (Phi) is 3.87. The van der Waals surface area contributed by atoms with Gasteiger partial charge in [0, 0.05) is 5.92 Å². The van der Waals surface area contributed by atoms with Gasteiger partial charge in [0.1, 0.15) is 0 Å². The molecule has 0 aromatic heterocycles. The quantitative estimate of drug-likeness (QED) is 0.812. The number of hydrogen-bond acceptors (Lipinski definition) is 2. The van der Waals surface area contributed by atoms with Crippen LogP contribution >= 0.6 is 0 Å². The Bertz CT molecular complexity index is 307. The summed E-state index contributed by atoms with van der Waals surface area (Å²) < 4.78 is 0. The molecular weight excluding hydrogens is 222 g/mol. The minimum atomic E-state index is 0.0793. The van der Waals surface area contributed by atoms with Gasteiger partial charge in [-0.15, -0.1) is 0 Å². The molecule has 3 atom stereocenters. The Morgan fingerprint density at radius 3 is 2.17 bits per heavy atom. The molecule has 18 heavy (non-hydrogen) atoms.